The fourth-order valence-electron chi connectivity index (χ4n) is 1.25. The first-order chi connectivity index (χ1) is 5.15. The Balaban J connectivity index is 3.24. The molecule has 0 bridgehead atoms. The van der Waals surface area contributed by atoms with E-state index in [0.717, 1.165) is 6.42 Å². The Morgan fingerprint density at radius 3 is 2.45 bits per heavy atom. The largest absolute Gasteiger partial charge is 0.0613 e. The van der Waals surface area contributed by atoms with Gasteiger partial charge in [0.15, 0.2) is 0 Å². The fraction of sp³-hybridized carbons (Fsp3) is 0.400. The van der Waals surface area contributed by atoms with Gasteiger partial charge in [0.2, 0.25) is 0 Å². The molecule has 0 atom stereocenters. The highest BCUT2D eigenvalue weighted by molar-refractivity contribution is 9.10. The molecular formula is C10H13Br. The van der Waals surface area contributed by atoms with E-state index in [1.165, 1.54) is 21.2 Å². The average Bonchev–Trinajstić information content (AvgIpc) is 1.96. The molecule has 1 heteroatoms. The molecule has 0 unspecified atom stereocenters. The maximum atomic E-state index is 3.49. The van der Waals surface area contributed by atoms with Crippen molar-refractivity contribution in [1.82, 2.24) is 0 Å². The maximum Gasteiger partial charge on any atom is 0.0180 e. The summed E-state index contributed by atoms with van der Waals surface area (Å²) >= 11 is 3.49. The van der Waals surface area contributed by atoms with Gasteiger partial charge in [0.05, 0.1) is 0 Å². The van der Waals surface area contributed by atoms with Gasteiger partial charge in [-0.2, -0.15) is 0 Å². The van der Waals surface area contributed by atoms with Crippen LogP contribution in [0.4, 0.5) is 0 Å². The molecule has 0 nitrogen and oxygen atoms in total. The molecule has 0 aliphatic rings. The Morgan fingerprint density at radius 2 is 1.91 bits per heavy atom. The molecule has 0 N–H and O–H groups in total. The van der Waals surface area contributed by atoms with Crippen molar-refractivity contribution in [3.8, 4) is 0 Å². The smallest absolute Gasteiger partial charge is 0.0180 e. The molecule has 1 rings (SSSR count). The molecule has 0 heterocycles. The molecule has 0 spiro atoms. The molecule has 0 saturated carbocycles. The summed E-state index contributed by atoms with van der Waals surface area (Å²) in [6.07, 6.45) is 1.12. The van der Waals surface area contributed by atoms with Crippen LogP contribution in [-0.2, 0) is 6.42 Å². The lowest BCUT2D eigenvalue weighted by molar-refractivity contribution is 1.09. The monoisotopic (exact) mass is 212 g/mol. The zero-order valence-corrected chi connectivity index (χ0v) is 8.83. The third kappa shape index (κ3) is 1.84. The first-order valence-corrected chi connectivity index (χ1v) is 4.70. The van der Waals surface area contributed by atoms with Crippen molar-refractivity contribution >= 4 is 15.9 Å². The van der Waals surface area contributed by atoms with Crippen LogP contribution in [-0.4, -0.2) is 0 Å². The topological polar surface area (TPSA) is 0 Å². The second-order valence-electron chi connectivity index (χ2n) is 2.86. The summed E-state index contributed by atoms with van der Waals surface area (Å²) in [5.41, 5.74) is 4.24. The van der Waals surface area contributed by atoms with Gasteiger partial charge in [-0.1, -0.05) is 22.9 Å². The van der Waals surface area contributed by atoms with E-state index in [0.29, 0.717) is 0 Å². The Hall–Kier alpha value is -0.300. The van der Waals surface area contributed by atoms with Gasteiger partial charge in [0.25, 0.3) is 0 Å². The lowest BCUT2D eigenvalue weighted by Gasteiger charge is -2.06. The van der Waals surface area contributed by atoms with Crippen molar-refractivity contribution in [2.45, 2.75) is 27.2 Å². The number of halogens is 1. The zero-order chi connectivity index (χ0) is 8.43. The number of hydrogen-bond acceptors (Lipinski definition) is 0. The molecule has 0 radical (unpaired) electrons. The number of rotatable bonds is 1. The summed E-state index contributed by atoms with van der Waals surface area (Å²) in [4.78, 5) is 0. The first-order valence-electron chi connectivity index (χ1n) is 3.90. The Kier molecular flexibility index (Phi) is 2.72. The SMILES string of the molecule is CCc1cc(Br)cc(C)c1C. The molecule has 0 saturated heterocycles. The number of aryl methyl sites for hydroxylation is 2. The summed E-state index contributed by atoms with van der Waals surface area (Å²) in [6.45, 7) is 6.52. The van der Waals surface area contributed by atoms with Crippen LogP contribution in [0, 0.1) is 13.8 Å². The summed E-state index contributed by atoms with van der Waals surface area (Å²) in [7, 11) is 0. The molecule has 0 aromatic heterocycles. The van der Waals surface area contributed by atoms with Crippen molar-refractivity contribution in [2.75, 3.05) is 0 Å². The predicted molar refractivity (Wildman–Crippen MR) is 53.0 cm³/mol. The van der Waals surface area contributed by atoms with E-state index >= 15 is 0 Å². The zero-order valence-electron chi connectivity index (χ0n) is 7.24. The van der Waals surface area contributed by atoms with E-state index in [2.05, 4.69) is 48.8 Å². The minimum Gasteiger partial charge on any atom is -0.0613 e. The van der Waals surface area contributed by atoms with Gasteiger partial charge < -0.3 is 0 Å². The molecule has 1 aromatic rings. The second kappa shape index (κ2) is 3.40. The molecule has 0 fully saturated rings. The average molecular weight is 213 g/mol. The van der Waals surface area contributed by atoms with Crippen LogP contribution in [0.3, 0.4) is 0 Å². The Bertz CT molecular complexity index is 264. The summed E-state index contributed by atoms with van der Waals surface area (Å²) < 4.78 is 1.19. The molecule has 0 aliphatic heterocycles. The van der Waals surface area contributed by atoms with Gasteiger partial charge in [-0.05, 0) is 49.1 Å². The minimum absolute atomic E-state index is 1.12. The number of benzene rings is 1. The van der Waals surface area contributed by atoms with Crippen LogP contribution >= 0.6 is 15.9 Å². The van der Waals surface area contributed by atoms with Gasteiger partial charge in [0, 0.05) is 4.47 Å². The van der Waals surface area contributed by atoms with Gasteiger partial charge in [0.1, 0.15) is 0 Å². The normalized spacial score (nSPS) is 10.2. The molecule has 11 heavy (non-hydrogen) atoms. The Morgan fingerprint density at radius 1 is 1.27 bits per heavy atom. The van der Waals surface area contributed by atoms with Crippen molar-refractivity contribution in [3.05, 3.63) is 33.3 Å². The van der Waals surface area contributed by atoms with E-state index in [-0.39, 0.29) is 0 Å². The molecule has 0 amide bonds. The van der Waals surface area contributed by atoms with E-state index in [4.69, 9.17) is 0 Å². The first kappa shape index (κ1) is 8.79. The van der Waals surface area contributed by atoms with Crippen LogP contribution in [0.25, 0.3) is 0 Å². The molecule has 60 valence electrons. The van der Waals surface area contributed by atoms with E-state index in [1.54, 1.807) is 0 Å². The molecular weight excluding hydrogens is 200 g/mol. The highest BCUT2D eigenvalue weighted by Crippen LogP contribution is 2.20. The van der Waals surface area contributed by atoms with Gasteiger partial charge in [-0.25, -0.2) is 0 Å². The van der Waals surface area contributed by atoms with Crippen molar-refractivity contribution < 1.29 is 0 Å². The maximum absolute atomic E-state index is 3.49. The Labute approximate surface area is 76.8 Å². The van der Waals surface area contributed by atoms with E-state index in [9.17, 15) is 0 Å². The quantitative estimate of drug-likeness (QED) is 0.668. The van der Waals surface area contributed by atoms with Crippen molar-refractivity contribution in [3.63, 3.8) is 0 Å². The second-order valence-corrected chi connectivity index (χ2v) is 3.78. The third-order valence-electron chi connectivity index (χ3n) is 2.12. The van der Waals surface area contributed by atoms with Crippen molar-refractivity contribution in [2.24, 2.45) is 0 Å². The highest BCUT2D eigenvalue weighted by atomic mass is 79.9. The number of hydrogen-bond donors (Lipinski definition) is 0. The molecule has 1 aromatic carbocycles. The van der Waals surface area contributed by atoms with Crippen LogP contribution in [0.2, 0.25) is 0 Å². The summed E-state index contributed by atoms with van der Waals surface area (Å²) in [6, 6.07) is 4.36. The third-order valence-corrected chi connectivity index (χ3v) is 2.58. The van der Waals surface area contributed by atoms with Crippen LogP contribution in [0.1, 0.15) is 23.6 Å². The fourth-order valence-corrected chi connectivity index (χ4v) is 1.87. The van der Waals surface area contributed by atoms with Gasteiger partial charge >= 0.3 is 0 Å². The predicted octanol–water partition coefficient (Wildman–Crippen LogP) is 3.63. The summed E-state index contributed by atoms with van der Waals surface area (Å²) in [5.74, 6) is 0. The van der Waals surface area contributed by atoms with Crippen LogP contribution in [0.5, 0.6) is 0 Å². The highest BCUT2D eigenvalue weighted by Gasteiger charge is 1.99. The van der Waals surface area contributed by atoms with Crippen LogP contribution < -0.4 is 0 Å². The van der Waals surface area contributed by atoms with Crippen molar-refractivity contribution in [1.29, 1.82) is 0 Å². The van der Waals surface area contributed by atoms with Crippen LogP contribution in [0.15, 0.2) is 16.6 Å². The van der Waals surface area contributed by atoms with E-state index in [1.807, 2.05) is 0 Å². The minimum atomic E-state index is 1.12. The lowest BCUT2D eigenvalue weighted by atomic mass is 10.0. The van der Waals surface area contributed by atoms with E-state index < -0.39 is 0 Å². The van der Waals surface area contributed by atoms with Gasteiger partial charge in [-0.3, -0.25) is 0 Å². The standard InChI is InChI=1S/C10H13Br/c1-4-9-6-10(11)5-7(2)8(9)3/h5-6H,4H2,1-3H3. The van der Waals surface area contributed by atoms with Gasteiger partial charge in [-0.15, -0.1) is 0 Å². The summed E-state index contributed by atoms with van der Waals surface area (Å²) in [5, 5.41) is 0. The lowest BCUT2D eigenvalue weighted by Crippen LogP contribution is -1.89. The molecule has 0 aliphatic carbocycles.